The molecule has 1 aliphatic rings. The molecule has 12 heavy (non-hydrogen) atoms. The lowest BCUT2D eigenvalue weighted by atomic mass is 10.2. The van der Waals surface area contributed by atoms with Crippen molar-refractivity contribution in [1.29, 1.82) is 0 Å². The molecule has 0 spiro atoms. The van der Waals surface area contributed by atoms with E-state index in [1.165, 1.54) is 0 Å². The molecule has 0 bridgehead atoms. The third kappa shape index (κ3) is 1.97. The molecule has 0 N–H and O–H groups in total. The van der Waals surface area contributed by atoms with Crippen LogP contribution in [-0.2, 0) is 9.63 Å². The molecule has 0 aliphatic carbocycles. The first-order valence-electron chi connectivity index (χ1n) is 3.10. The number of hydrogen-bond donors (Lipinski definition) is 0. The number of hydrogen-bond acceptors (Lipinski definition) is 3. The summed E-state index contributed by atoms with van der Waals surface area (Å²) in [7, 11) is 0. The third-order valence-corrected chi connectivity index (χ3v) is 1.24. The fourth-order valence-electron chi connectivity index (χ4n) is 0.686. The zero-order valence-electron chi connectivity index (χ0n) is 6.02. The number of carbonyl (C=O) groups is 1. The zero-order valence-corrected chi connectivity index (χ0v) is 6.02. The van der Waals surface area contributed by atoms with Gasteiger partial charge in [-0.25, -0.2) is 4.79 Å². The van der Waals surface area contributed by atoms with Gasteiger partial charge in [-0.15, -0.1) is 5.06 Å². The topological polar surface area (TPSA) is 29.5 Å². The van der Waals surface area contributed by atoms with E-state index in [-0.39, 0.29) is 13.1 Å². The van der Waals surface area contributed by atoms with Crippen molar-refractivity contribution >= 4 is 5.97 Å². The number of hydroxylamine groups is 2. The van der Waals surface area contributed by atoms with Gasteiger partial charge < -0.3 is 4.84 Å². The Morgan fingerprint density at radius 1 is 1.50 bits per heavy atom. The predicted octanol–water partition coefficient (Wildman–Crippen LogP) is 0.879. The van der Waals surface area contributed by atoms with E-state index in [9.17, 15) is 18.0 Å². The summed E-state index contributed by atoms with van der Waals surface area (Å²) >= 11 is 0. The Kier molecular flexibility index (Phi) is 2.10. The Labute approximate surface area is 66.4 Å². The fourth-order valence-corrected chi connectivity index (χ4v) is 0.686. The molecule has 1 fully saturated rings. The van der Waals surface area contributed by atoms with Crippen LogP contribution in [0.15, 0.2) is 12.2 Å². The molecule has 3 nitrogen and oxygen atoms in total. The number of alkyl halides is 3. The monoisotopic (exact) mass is 181 g/mol. The predicted molar refractivity (Wildman–Crippen MR) is 32.9 cm³/mol. The van der Waals surface area contributed by atoms with Crippen molar-refractivity contribution in [3.63, 3.8) is 0 Å². The van der Waals surface area contributed by atoms with Gasteiger partial charge in [0.05, 0.1) is 13.1 Å². The van der Waals surface area contributed by atoms with Gasteiger partial charge >= 0.3 is 12.1 Å². The van der Waals surface area contributed by atoms with Gasteiger partial charge in [-0.3, -0.25) is 0 Å². The normalized spacial score (nSPS) is 18.8. The van der Waals surface area contributed by atoms with Crippen molar-refractivity contribution in [2.75, 3.05) is 13.1 Å². The molecule has 0 saturated carbocycles. The van der Waals surface area contributed by atoms with Crippen molar-refractivity contribution in [1.82, 2.24) is 5.06 Å². The summed E-state index contributed by atoms with van der Waals surface area (Å²) in [6, 6.07) is 0. The van der Waals surface area contributed by atoms with Crippen LogP contribution in [0.4, 0.5) is 13.2 Å². The van der Waals surface area contributed by atoms with Gasteiger partial charge in [0.25, 0.3) is 0 Å². The maximum absolute atomic E-state index is 11.5. The van der Waals surface area contributed by atoms with E-state index in [0.717, 1.165) is 10.6 Å². The number of rotatable bonds is 1. The van der Waals surface area contributed by atoms with E-state index < -0.39 is 12.1 Å². The third-order valence-electron chi connectivity index (χ3n) is 1.24. The van der Waals surface area contributed by atoms with E-state index in [1.54, 1.807) is 0 Å². The summed E-state index contributed by atoms with van der Waals surface area (Å²) in [5.41, 5.74) is 0.741. The minimum atomic E-state index is -4.92. The Morgan fingerprint density at radius 3 is 2.33 bits per heavy atom. The largest absolute Gasteiger partial charge is 0.492 e. The Morgan fingerprint density at radius 2 is 2.00 bits per heavy atom. The summed E-state index contributed by atoms with van der Waals surface area (Å²) < 4.78 is 34.6. The van der Waals surface area contributed by atoms with Crippen LogP contribution in [0, 0.1) is 0 Å². The van der Waals surface area contributed by atoms with E-state index in [4.69, 9.17) is 0 Å². The highest BCUT2D eigenvalue weighted by molar-refractivity contribution is 5.75. The highest BCUT2D eigenvalue weighted by atomic mass is 19.4. The first-order chi connectivity index (χ1) is 5.39. The summed E-state index contributed by atoms with van der Waals surface area (Å²) in [5.74, 6) is -2.19. The van der Waals surface area contributed by atoms with Crippen molar-refractivity contribution in [2.24, 2.45) is 0 Å². The Hall–Kier alpha value is -1.04. The zero-order chi connectivity index (χ0) is 9.35. The molecular formula is C6H6F3NO2. The molecule has 1 heterocycles. The standard InChI is InChI=1S/C6H6F3NO2/c1-4-2-10(3-4)12-5(11)6(7,8)9/h1-3H2. The summed E-state index contributed by atoms with van der Waals surface area (Å²) in [5, 5.41) is 0.901. The first-order valence-corrected chi connectivity index (χ1v) is 3.10. The number of carbonyl (C=O) groups excluding carboxylic acids is 1. The molecule has 0 radical (unpaired) electrons. The molecule has 1 saturated heterocycles. The maximum Gasteiger partial charge on any atom is 0.492 e. The van der Waals surface area contributed by atoms with Crippen LogP contribution in [0.3, 0.4) is 0 Å². The van der Waals surface area contributed by atoms with Gasteiger partial charge in [0.2, 0.25) is 0 Å². The molecule has 0 aromatic carbocycles. The summed E-state index contributed by atoms with van der Waals surface area (Å²) in [6.07, 6.45) is -4.92. The Bertz CT molecular complexity index is 215. The highest BCUT2D eigenvalue weighted by Gasteiger charge is 2.43. The highest BCUT2D eigenvalue weighted by Crippen LogP contribution is 2.20. The second-order valence-corrected chi connectivity index (χ2v) is 2.42. The average molecular weight is 181 g/mol. The van der Waals surface area contributed by atoms with Crippen LogP contribution in [0.5, 0.6) is 0 Å². The van der Waals surface area contributed by atoms with Gasteiger partial charge in [0.1, 0.15) is 0 Å². The summed E-state index contributed by atoms with van der Waals surface area (Å²) in [4.78, 5) is 14.1. The lowest BCUT2D eigenvalue weighted by Gasteiger charge is -2.30. The van der Waals surface area contributed by atoms with Gasteiger partial charge in [-0.2, -0.15) is 13.2 Å². The van der Waals surface area contributed by atoms with E-state index in [2.05, 4.69) is 11.4 Å². The second kappa shape index (κ2) is 2.78. The molecule has 0 aromatic heterocycles. The second-order valence-electron chi connectivity index (χ2n) is 2.42. The molecule has 0 aromatic rings. The smallest absolute Gasteiger partial charge is 0.360 e. The molecule has 0 atom stereocenters. The van der Waals surface area contributed by atoms with Crippen molar-refractivity contribution in [2.45, 2.75) is 6.18 Å². The lowest BCUT2D eigenvalue weighted by Crippen LogP contribution is -2.44. The van der Waals surface area contributed by atoms with Gasteiger partial charge in [-0.05, 0) is 5.57 Å². The molecule has 0 amide bonds. The molecule has 1 rings (SSSR count). The molecule has 68 valence electrons. The van der Waals surface area contributed by atoms with Crippen LogP contribution in [0.1, 0.15) is 0 Å². The van der Waals surface area contributed by atoms with Crippen LogP contribution in [0.2, 0.25) is 0 Å². The molecule has 6 heteroatoms. The molecular weight excluding hydrogens is 175 g/mol. The first kappa shape index (κ1) is 9.05. The van der Waals surface area contributed by atoms with Gasteiger partial charge in [0.15, 0.2) is 0 Å². The summed E-state index contributed by atoms with van der Waals surface area (Å²) in [6.45, 7) is 3.83. The van der Waals surface area contributed by atoms with Crippen LogP contribution >= 0.6 is 0 Å². The van der Waals surface area contributed by atoms with Crippen LogP contribution in [0.25, 0.3) is 0 Å². The number of halogens is 3. The van der Waals surface area contributed by atoms with Crippen molar-refractivity contribution < 1.29 is 22.8 Å². The minimum absolute atomic E-state index is 0.182. The Balaban J connectivity index is 2.33. The average Bonchev–Trinajstić information content (AvgIpc) is 1.82. The van der Waals surface area contributed by atoms with E-state index in [0.29, 0.717) is 0 Å². The van der Waals surface area contributed by atoms with E-state index in [1.807, 2.05) is 0 Å². The maximum atomic E-state index is 11.5. The quantitative estimate of drug-likeness (QED) is 0.562. The SMILES string of the molecule is C=C1CN(OC(=O)C(F)(F)F)C1. The number of nitrogens with zero attached hydrogens (tertiary/aromatic N) is 1. The van der Waals surface area contributed by atoms with Crippen LogP contribution in [-0.4, -0.2) is 30.3 Å². The minimum Gasteiger partial charge on any atom is -0.360 e. The van der Waals surface area contributed by atoms with Crippen molar-refractivity contribution in [3.8, 4) is 0 Å². The molecule has 1 aliphatic heterocycles. The van der Waals surface area contributed by atoms with Gasteiger partial charge in [-0.1, -0.05) is 6.58 Å². The van der Waals surface area contributed by atoms with E-state index >= 15 is 0 Å². The lowest BCUT2D eigenvalue weighted by molar-refractivity contribution is -0.242. The molecule has 0 unspecified atom stereocenters. The van der Waals surface area contributed by atoms with Gasteiger partial charge in [0, 0.05) is 0 Å². The van der Waals surface area contributed by atoms with Crippen molar-refractivity contribution in [3.05, 3.63) is 12.2 Å². The fraction of sp³-hybridized carbons (Fsp3) is 0.500. The van der Waals surface area contributed by atoms with Crippen LogP contribution < -0.4 is 0 Å².